The maximum Gasteiger partial charge on any atom is 0.523 e. The second-order valence-electron chi connectivity index (χ2n) is 5.48. The van der Waals surface area contributed by atoms with Gasteiger partial charge in [0.05, 0.1) is 0 Å². The summed E-state index contributed by atoms with van der Waals surface area (Å²) in [6.07, 6.45) is -10.3. The van der Waals surface area contributed by atoms with Crippen molar-refractivity contribution in [3.63, 3.8) is 0 Å². The van der Waals surface area contributed by atoms with E-state index in [0.29, 0.717) is 0 Å². The molecule has 0 spiro atoms. The van der Waals surface area contributed by atoms with Crippen LogP contribution in [-0.4, -0.2) is 74.3 Å². The Morgan fingerprint density at radius 1 is 0.964 bits per heavy atom. The molecule has 1 aliphatic rings. The molecule has 162 valence electrons. The van der Waals surface area contributed by atoms with Crippen LogP contribution in [0.1, 0.15) is 20.8 Å². The molecule has 0 aliphatic carbocycles. The fourth-order valence-corrected chi connectivity index (χ4v) is 2.81. The largest absolute Gasteiger partial charge is 0.523 e. The minimum Gasteiger partial charge on any atom is -0.463 e. The molecule has 0 bridgehead atoms. The molecule has 0 amide bonds. The summed E-state index contributed by atoms with van der Waals surface area (Å²) in [6, 6.07) is 0. The zero-order valence-corrected chi connectivity index (χ0v) is 15.5. The highest BCUT2D eigenvalue weighted by Gasteiger charge is 2.57. The zero-order chi connectivity index (χ0) is 21.9. The molecule has 1 fully saturated rings. The average molecular weight is 438 g/mol. The highest BCUT2D eigenvalue weighted by atomic mass is 32.2. The van der Waals surface area contributed by atoms with E-state index in [1.165, 1.54) is 0 Å². The Labute approximate surface area is 156 Å². The van der Waals surface area contributed by atoms with E-state index in [-0.39, 0.29) is 0 Å². The summed E-state index contributed by atoms with van der Waals surface area (Å²) in [4.78, 5) is 33.5. The number of aliphatic hydroxyl groups is 1. The van der Waals surface area contributed by atoms with Gasteiger partial charge in [0.2, 0.25) is 0 Å². The molecule has 1 heterocycles. The summed E-state index contributed by atoms with van der Waals surface area (Å²) in [6.45, 7) is 1.88. The van der Waals surface area contributed by atoms with Crippen LogP contribution in [0.3, 0.4) is 0 Å². The lowest BCUT2D eigenvalue weighted by molar-refractivity contribution is -0.289. The molecule has 0 radical (unpaired) electrons. The van der Waals surface area contributed by atoms with Gasteiger partial charge in [-0.3, -0.25) is 18.6 Å². The van der Waals surface area contributed by atoms with Crippen molar-refractivity contribution in [3.05, 3.63) is 0 Å². The van der Waals surface area contributed by atoms with Crippen molar-refractivity contribution in [2.24, 2.45) is 0 Å². The highest BCUT2D eigenvalue weighted by molar-refractivity contribution is 7.87. The number of carbonyl (C=O) groups excluding carboxylic acids is 3. The van der Waals surface area contributed by atoms with Gasteiger partial charge < -0.3 is 24.1 Å². The van der Waals surface area contributed by atoms with Crippen molar-refractivity contribution in [2.75, 3.05) is 6.61 Å². The van der Waals surface area contributed by atoms with E-state index < -0.39 is 70.8 Å². The summed E-state index contributed by atoms with van der Waals surface area (Å²) in [5.41, 5.74) is -5.87. The average Bonchev–Trinajstić information content (AvgIpc) is 2.49. The van der Waals surface area contributed by atoms with E-state index in [1.54, 1.807) is 0 Å². The molecule has 1 N–H and O–H groups in total. The number of hydrogen-bond donors (Lipinski definition) is 1. The molecule has 28 heavy (non-hydrogen) atoms. The zero-order valence-electron chi connectivity index (χ0n) is 14.7. The molecule has 5 atom stereocenters. The fourth-order valence-electron chi connectivity index (χ4n) is 2.19. The van der Waals surface area contributed by atoms with Gasteiger partial charge in [-0.2, -0.15) is 21.6 Å². The molecule has 1 aliphatic heterocycles. The van der Waals surface area contributed by atoms with Crippen LogP contribution < -0.4 is 0 Å². The Morgan fingerprint density at radius 2 is 1.46 bits per heavy atom. The third-order valence-corrected chi connectivity index (χ3v) is 4.23. The van der Waals surface area contributed by atoms with Crippen molar-refractivity contribution in [2.45, 2.75) is 57.0 Å². The third-order valence-electron chi connectivity index (χ3n) is 3.19. The van der Waals surface area contributed by atoms with Gasteiger partial charge in [-0.1, -0.05) is 0 Å². The second kappa shape index (κ2) is 9.02. The van der Waals surface area contributed by atoms with E-state index in [4.69, 9.17) is 9.47 Å². The van der Waals surface area contributed by atoms with Crippen LogP contribution in [0, 0.1) is 0 Å². The van der Waals surface area contributed by atoms with Gasteiger partial charge in [-0.25, -0.2) is 0 Å². The van der Waals surface area contributed by atoms with Gasteiger partial charge >= 0.3 is 33.5 Å². The van der Waals surface area contributed by atoms with Crippen molar-refractivity contribution in [1.82, 2.24) is 0 Å². The van der Waals surface area contributed by atoms with Gasteiger partial charge in [0, 0.05) is 20.8 Å². The minimum atomic E-state index is -6.27. The summed E-state index contributed by atoms with van der Waals surface area (Å²) in [7, 11) is -6.27. The maximum absolute atomic E-state index is 12.7. The summed E-state index contributed by atoms with van der Waals surface area (Å²) in [5, 5.41) is 9.94. The number of halogens is 3. The Balaban J connectivity index is 3.35. The number of hydrogen-bond acceptors (Lipinski definition) is 11. The molecule has 0 aromatic heterocycles. The Hall–Kier alpha value is -1.97. The van der Waals surface area contributed by atoms with Gasteiger partial charge in [-0.05, 0) is 0 Å². The van der Waals surface area contributed by atoms with E-state index in [9.17, 15) is 41.1 Å². The van der Waals surface area contributed by atoms with Gasteiger partial charge in [0.25, 0.3) is 0 Å². The Bertz CT molecular complexity index is 705. The number of alkyl halides is 3. The first kappa shape index (κ1) is 24.1. The lowest BCUT2D eigenvalue weighted by atomic mass is 9.98. The van der Waals surface area contributed by atoms with Crippen LogP contribution in [-0.2, 0) is 47.6 Å². The van der Waals surface area contributed by atoms with Gasteiger partial charge in [0.1, 0.15) is 12.7 Å². The van der Waals surface area contributed by atoms with E-state index >= 15 is 0 Å². The van der Waals surface area contributed by atoms with Crippen molar-refractivity contribution < 1.29 is 64.2 Å². The Morgan fingerprint density at radius 3 is 1.89 bits per heavy atom. The maximum atomic E-state index is 12.7. The fraction of sp³-hybridized carbons (Fsp3) is 0.769. The number of rotatable bonds is 6. The molecule has 1 rings (SSSR count). The molecule has 0 unspecified atom stereocenters. The Kier molecular flexibility index (Phi) is 7.75. The van der Waals surface area contributed by atoms with Crippen molar-refractivity contribution >= 4 is 28.0 Å². The SMILES string of the molecule is CC(=O)OC[C@H]1O[C@@H](O)[C@H](OC(C)=O)[C@@H](OS(=O)(=O)C(F)(F)F)[C@H]1OC(C)=O. The first-order chi connectivity index (χ1) is 12.7. The first-order valence-corrected chi connectivity index (χ1v) is 8.87. The molecule has 0 saturated carbocycles. The summed E-state index contributed by atoms with van der Waals surface area (Å²) in [5.74, 6) is -3.09. The normalized spacial score (nSPS) is 28.3. The lowest BCUT2D eigenvalue weighted by Gasteiger charge is -2.42. The molecule has 0 aromatic rings. The topological polar surface area (TPSA) is 152 Å². The van der Waals surface area contributed by atoms with Crippen LogP contribution in [0.15, 0.2) is 0 Å². The molecule has 15 heteroatoms. The van der Waals surface area contributed by atoms with Crippen molar-refractivity contribution in [3.8, 4) is 0 Å². The lowest BCUT2D eigenvalue weighted by Crippen LogP contribution is -2.62. The van der Waals surface area contributed by atoms with Gasteiger partial charge in [0.15, 0.2) is 24.6 Å². The predicted molar refractivity (Wildman–Crippen MR) is 78.5 cm³/mol. The van der Waals surface area contributed by atoms with E-state index in [2.05, 4.69) is 13.7 Å². The molecule has 1 saturated heterocycles. The number of ether oxygens (including phenoxy) is 4. The van der Waals surface area contributed by atoms with Crippen molar-refractivity contribution in [1.29, 1.82) is 0 Å². The van der Waals surface area contributed by atoms with Crippen LogP contribution in [0.5, 0.6) is 0 Å². The predicted octanol–water partition coefficient (Wildman–Crippen LogP) is -0.635. The smallest absolute Gasteiger partial charge is 0.463 e. The monoisotopic (exact) mass is 438 g/mol. The summed E-state index contributed by atoms with van der Waals surface area (Å²) >= 11 is 0. The van der Waals surface area contributed by atoms with Gasteiger partial charge in [-0.15, -0.1) is 0 Å². The third kappa shape index (κ3) is 6.29. The standard InChI is InChI=1S/C13H17F3O11S/c1-5(17)23-4-8-9(24-6(2)18)10(27-28(21,22)13(14,15)16)11(12(20)26-8)25-7(3)19/h8-12,20H,4H2,1-3H3/t8-,9+,10+,11-,12-/m1/s1. The van der Waals surface area contributed by atoms with Crippen LogP contribution in [0.25, 0.3) is 0 Å². The van der Waals surface area contributed by atoms with Crippen LogP contribution in [0.2, 0.25) is 0 Å². The quantitative estimate of drug-likeness (QED) is 0.244. The molecule has 0 aromatic carbocycles. The summed E-state index contributed by atoms with van der Waals surface area (Å²) < 4.78 is 84.0. The number of esters is 3. The molecular weight excluding hydrogens is 421 g/mol. The number of aliphatic hydroxyl groups excluding tert-OH is 1. The minimum absolute atomic E-state index is 0.747. The van der Waals surface area contributed by atoms with Crippen LogP contribution >= 0.6 is 0 Å². The highest BCUT2D eigenvalue weighted by Crippen LogP contribution is 2.33. The van der Waals surface area contributed by atoms with E-state index in [1.807, 2.05) is 0 Å². The van der Waals surface area contributed by atoms with E-state index in [0.717, 1.165) is 20.8 Å². The second-order valence-corrected chi connectivity index (χ2v) is 7.04. The molecular formula is C13H17F3O11S. The van der Waals surface area contributed by atoms with Crippen LogP contribution in [0.4, 0.5) is 13.2 Å². The number of carbonyl (C=O) groups is 3. The molecule has 11 nitrogen and oxygen atoms in total. The first-order valence-electron chi connectivity index (χ1n) is 7.46.